The quantitative estimate of drug-likeness (QED) is 0.590. The summed E-state index contributed by atoms with van der Waals surface area (Å²) in [6.45, 7) is 6.35. The molecule has 0 spiro atoms. The fraction of sp³-hybridized carbons (Fsp3) is 0.231. The summed E-state index contributed by atoms with van der Waals surface area (Å²) in [6, 6.07) is 10.4. The van der Waals surface area contributed by atoms with Gasteiger partial charge in [0.2, 0.25) is 0 Å². The second-order valence-corrected chi connectivity index (χ2v) is 3.46. The zero-order chi connectivity index (χ0) is 9.68. The molecule has 0 radical (unpaired) electrons. The molecule has 0 aliphatic rings. The van der Waals surface area contributed by atoms with Crippen molar-refractivity contribution in [2.75, 3.05) is 0 Å². The molecule has 0 unspecified atom stereocenters. The van der Waals surface area contributed by atoms with Crippen LogP contribution in [0.5, 0.6) is 0 Å². The first-order chi connectivity index (χ1) is 6.20. The van der Waals surface area contributed by atoms with Crippen LogP contribution in [0.15, 0.2) is 48.1 Å². The van der Waals surface area contributed by atoms with Crippen LogP contribution in [0, 0.1) is 0 Å². The summed E-state index contributed by atoms with van der Waals surface area (Å²) < 4.78 is 0. The van der Waals surface area contributed by atoms with Crippen molar-refractivity contribution in [2.24, 2.45) is 0 Å². The minimum absolute atomic E-state index is 1.29. The van der Waals surface area contributed by atoms with E-state index in [1.807, 2.05) is 6.07 Å². The molecular weight excluding hydrogens is 156 g/mol. The Hall–Kier alpha value is -1.30. The number of rotatable bonds is 2. The molecule has 1 rings (SSSR count). The van der Waals surface area contributed by atoms with Crippen molar-refractivity contribution in [3.05, 3.63) is 53.6 Å². The van der Waals surface area contributed by atoms with E-state index in [1.54, 1.807) is 0 Å². The van der Waals surface area contributed by atoms with Crippen LogP contribution in [-0.4, -0.2) is 0 Å². The highest BCUT2D eigenvalue weighted by molar-refractivity contribution is 5.65. The van der Waals surface area contributed by atoms with Crippen molar-refractivity contribution in [1.82, 2.24) is 0 Å². The Labute approximate surface area is 80.6 Å². The van der Waals surface area contributed by atoms with Gasteiger partial charge in [-0.15, -0.1) is 0 Å². The minimum Gasteiger partial charge on any atom is -0.0764 e. The van der Waals surface area contributed by atoms with Crippen LogP contribution in [0.4, 0.5) is 0 Å². The van der Waals surface area contributed by atoms with Gasteiger partial charge in [-0.05, 0) is 31.9 Å². The third-order valence-corrected chi connectivity index (χ3v) is 1.90. The minimum atomic E-state index is 1.29. The van der Waals surface area contributed by atoms with Crippen molar-refractivity contribution in [3.63, 3.8) is 0 Å². The molecule has 0 fully saturated rings. The van der Waals surface area contributed by atoms with E-state index in [4.69, 9.17) is 0 Å². The summed E-state index contributed by atoms with van der Waals surface area (Å²) in [4.78, 5) is 0. The van der Waals surface area contributed by atoms with Crippen molar-refractivity contribution >= 4 is 5.57 Å². The van der Waals surface area contributed by atoms with Crippen molar-refractivity contribution in [1.29, 1.82) is 0 Å². The molecule has 0 aliphatic carbocycles. The van der Waals surface area contributed by atoms with Crippen molar-refractivity contribution in [3.8, 4) is 0 Å². The molecule has 0 aromatic heterocycles. The molecule has 0 bridgehead atoms. The first kappa shape index (κ1) is 9.79. The van der Waals surface area contributed by atoms with E-state index >= 15 is 0 Å². The number of hydrogen-bond acceptors (Lipinski definition) is 0. The highest BCUT2D eigenvalue weighted by Gasteiger charge is 1.90. The van der Waals surface area contributed by atoms with Gasteiger partial charge < -0.3 is 0 Å². The molecule has 1 aromatic carbocycles. The Balaban J connectivity index is 2.86. The molecule has 0 aliphatic heterocycles. The smallest absolute Gasteiger partial charge is 0.0227 e. The van der Waals surface area contributed by atoms with Gasteiger partial charge in [0.15, 0.2) is 0 Å². The van der Waals surface area contributed by atoms with Crippen LogP contribution < -0.4 is 0 Å². The fourth-order valence-corrected chi connectivity index (χ4v) is 1.09. The maximum Gasteiger partial charge on any atom is -0.0227 e. The maximum atomic E-state index is 2.16. The first-order valence-corrected chi connectivity index (χ1v) is 4.57. The van der Waals surface area contributed by atoms with E-state index in [2.05, 4.69) is 57.2 Å². The molecule has 0 nitrogen and oxygen atoms in total. The maximum absolute atomic E-state index is 2.16. The summed E-state index contributed by atoms with van der Waals surface area (Å²) >= 11 is 0. The van der Waals surface area contributed by atoms with E-state index in [9.17, 15) is 0 Å². The second kappa shape index (κ2) is 4.66. The highest BCUT2D eigenvalue weighted by Crippen LogP contribution is 2.12. The zero-order valence-corrected chi connectivity index (χ0v) is 8.54. The Morgan fingerprint density at radius 3 is 2.08 bits per heavy atom. The van der Waals surface area contributed by atoms with Crippen molar-refractivity contribution in [2.45, 2.75) is 20.8 Å². The van der Waals surface area contributed by atoms with Gasteiger partial charge in [-0.25, -0.2) is 0 Å². The van der Waals surface area contributed by atoms with E-state index in [1.165, 1.54) is 16.7 Å². The molecule has 0 heteroatoms. The lowest BCUT2D eigenvalue weighted by atomic mass is 10.1. The van der Waals surface area contributed by atoms with Crippen LogP contribution in [0.2, 0.25) is 0 Å². The largest absolute Gasteiger partial charge is 0.0764 e. The standard InChI is InChI=1S/C13H16/c1-11(2)9-10-12(3)13-7-5-4-6-8-13/h4-10H,1-3H3/b12-10+. The molecule has 0 heterocycles. The summed E-state index contributed by atoms with van der Waals surface area (Å²) in [5.74, 6) is 0. The Kier molecular flexibility index (Phi) is 3.51. The molecule has 0 saturated heterocycles. The van der Waals surface area contributed by atoms with Gasteiger partial charge in [-0.2, -0.15) is 0 Å². The lowest BCUT2D eigenvalue weighted by molar-refractivity contribution is 1.39. The number of hydrogen-bond donors (Lipinski definition) is 0. The van der Waals surface area contributed by atoms with Gasteiger partial charge in [0.25, 0.3) is 0 Å². The van der Waals surface area contributed by atoms with Crippen LogP contribution in [0.1, 0.15) is 26.3 Å². The molecule has 0 saturated carbocycles. The summed E-state index contributed by atoms with van der Waals surface area (Å²) in [7, 11) is 0. The average molecular weight is 172 g/mol. The van der Waals surface area contributed by atoms with Crippen LogP contribution in [0.25, 0.3) is 5.57 Å². The van der Waals surface area contributed by atoms with Crippen molar-refractivity contribution < 1.29 is 0 Å². The monoisotopic (exact) mass is 172 g/mol. The van der Waals surface area contributed by atoms with Gasteiger partial charge in [-0.1, -0.05) is 48.1 Å². The van der Waals surface area contributed by atoms with Crippen LogP contribution in [0.3, 0.4) is 0 Å². The van der Waals surface area contributed by atoms with Gasteiger partial charge in [-0.3, -0.25) is 0 Å². The van der Waals surface area contributed by atoms with Crippen LogP contribution >= 0.6 is 0 Å². The van der Waals surface area contributed by atoms with E-state index in [-0.39, 0.29) is 0 Å². The summed E-state index contributed by atoms with van der Waals surface area (Å²) in [5, 5.41) is 0. The molecular formula is C13H16. The summed E-state index contributed by atoms with van der Waals surface area (Å²) in [6.07, 6.45) is 4.30. The Bertz CT molecular complexity index is 311. The first-order valence-electron chi connectivity index (χ1n) is 4.57. The molecule has 0 N–H and O–H groups in total. The van der Waals surface area contributed by atoms with E-state index < -0.39 is 0 Å². The normalized spacial score (nSPS) is 11.2. The molecule has 1 aromatic rings. The summed E-state index contributed by atoms with van der Waals surface area (Å²) in [5.41, 5.74) is 3.93. The van der Waals surface area contributed by atoms with E-state index in [0.717, 1.165) is 0 Å². The Morgan fingerprint density at radius 2 is 1.54 bits per heavy atom. The predicted octanol–water partition coefficient (Wildman–Crippen LogP) is 4.06. The number of allylic oxidation sites excluding steroid dienone is 4. The fourth-order valence-electron chi connectivity index (χ4n) is 1.09. The van der Waals surface area contributed by atoms with Gasteiger partial charge >= 0.3 is 0 Å². The molecule has 0 amide bonds. The SMILES string of the molecule is CC(C)=C/C=C(\C)c1ccccc1. The Morgan fingerprint density at radius 1 is 0.923 bits per heavy atom. The highest BCUT2D eigenvalue weighted by atomic mass is 14.0. The molecule has 0 atom stereocenters. The predicted molar refractivity (Wildman–Crippen MR) is 59.5 cm³/mol. The topological polar surface area (TPSA) is 0 Å². The van der Waals surface area contributed by atoms with Gasteiger partial charge in [0, 0.05) is 0 Å². The second-order valence-electron chi connectivity index (χ2n) is 3.46. The molecule has 13 heavy (non-hydrogen) atoms. The lowest BCUT2D eigenvalue weighted by Crippen LogP contribution is -1.76. The average Bonchev–Trinajstić information content (AvgIpc) is 2.15. The lowest BCUT2D eigenvalue weighted by Gasteiger charge is -1.98. The molecule has 68 valence electrons. The third kappa shape index (κ3) is 3.29. The van der Waals surface area contributed by atoms with E-state index in [0.29, 0.717) is 0 Å². The van der Waals surface area contributed by atoms with Gasteiger partial charge in [0.05, 0.1) is 0 Å². The number of benzene rings is 1. The third-order valence-electron chi connectivity index (χ3n) is 1.90. The van der Waals surface area contributed by atoms with Gasteiger partial charge in [0.1, 0.15) is 0 Å². The van der Waals surface area contributed by atoms with Crippen LogP contribution in [-0.2, 0) is 0 Å². The zero-order valence-electron chi connectivity index (χ0n) is 8.54.